The molecule has 1 saturated heterocycles. The lowest BCUT2D eigenvalue weighted by Gasteiger charge is -2.28. The summed E-state index contributed by atoms with van der Waals surface area (Å²) in [7, 11) is 0. The van der Waals surface area contributed by atoms with Crippen LogP contribution in [0.2, 0.25) is 0 Å². The number of benzene rings is 2. The van der Waals surface area contributed by atoms with Crippen molar-refractivity contribution < 1.29 is 33.7 Å². The van der Waals surface area contributed by atoms with Gasteiger partial charge in [0.25, 0.3) is 0 Å². The molecule has 2 atom stereocenters. The number of ether oxygens (including phenoxy) is 3. The van der Waals surface area contributed by atoms with Gasteiger partial charge in [-0.2, -0.15) is 0 Å². The van der Waals surface area contributed by atoms with E-state index >= 15 is 0 Å². The molecular weight excluding hydrogens is 476 g/mol. The number of hydrogen-bond donors (Lipinski definition) is 2. The largest absolute Gasteiger partial charge is 0.480 e. The van der Waals surface area contributed by atoms with Crippen LogP contribution in [0.15, 0.2) is 61.2 Å². The fraction of sp³-hybridized carbons (Fsp3) is 0.393. The molecule has 2 aromatic rings. The molecule has 1 aliphatic carbocycles. The summed E-state index contributed by atoms with van der Waals surface area (Å²) in [6.45, 7) is 7.44. The highest BCUT2D eigenvalue weighted by molar-refractivity contribution is 5.81. The van der Waals surface area contributed by atoms with E-state index in [4.69, 9.17) is 14.2 Å². The summed E-state index contributed by atoms with van der Waals surface area (Å²) in [5.41, 5.74) is 3.46. The average molecular weight is 509 g/mol. The summed E-state index contributed by atoms with van der Waals surface area (Å²) in [6.07, 6.45) is 0.171. The van der Waals surface area contributed by atoms with Crippen LogP contribution in [0.4, 0.5) is 9.59 Å². The number of amides is 2. The Morgan fingerprint density at radius 3 is 2.35 bits per heavy atom. The molecule has 9 heteroatoms. The van der Waals surface area contributed by atoms with Crippen LogP contribution in [0.5, 0.6) is 0 Å². The Kier molecular flexibility index (Phi) is 7.83. The summed E-state index contributed by atoms with van der Waals surface area (Å²) < 4.78 is 16.5. The molecule has 0 saturated carbocycles. The first-order chi connectivity index (χ1) is 17.7. The van der Waals surface area contributed by atoms with E-state index in [0.717, 1.165) is 22.3 Å². The number of rotatable bonds is 9. The van der Waals surface area contributed by atoms with Gasteiger partial charge in [-0.15, -0.1) is 0 Å². The molecule has 2 N–H and O–H groups in total. The van der Waals surface area contributed by atoms with Crippen molar-refractivity contribution in [2.75, 3.05) is 19.8 Å². The molecule has 0 spiro atoms. The Hall–Kier alpha value is -3.85. The molecule has 0 bridgehead atoms. The number of carbonyl (C=O) groups is 3. The van der Waals surface area contributed by atoms with Crippen molar-refractivity contribution in [1.29, 1.82) is 0 Å². The maximum absolute atomic E-state index is 12.6. The number of carboxylic acid groups (broad SMARTS) is 1. The zero-order valence-electron chi connectivity index (χ0n) is 21.0. The summed E-state index contributed by atoms with van der Waals surface area (Å²) >= 11 is 0. The van der Waals surface area contributed by atoms with E-state index in [1.165, 1.54) is 11.0 Å². The highest BCUT2D eigenvalue weighted by Crippen LogP contribution is 2.44. The highest BCUT2D eigenvalue weighted by atomic mass is 16.6. The zero-order chi connectivity index (χ0) is 26.6. The van der Waals surface area contributed by atoms with Crippen molar-refractivity contribution in [3.8, 4) is 11.1 Å². The third-order valence-corrected chi connectivity index (χ3v) is 6.75. The third kappa shape index (κ3) is 5.77. The van der Waals surface area contributed by atoms with Gasteiger partial charge < -0.3 is 24.6 Å². The van der Waals surface area contributed by atoms with Gasteiger partial charge >= 0.3 is 18.2 Å². The van der Waals surface area contributed by atoms with Gasteiger partial charge in [-0.3, -0.25) is 4.90 Å². The second-order valence-electron chi connectivity index (χ2n) is 9.60. The first kappa shape index (κ1) is 26.2. The number of fused-ring (bicyclic) bond motifs is 3. The van der Waals surface area contributed by atoms with Gasteiger partial charge in [-0.05, 0) is 48.9 Å². The van der Waals surface area contributed by atoms with Crippen LogP contribution in [-0.2, 0) is 19.0 Å². The normalized spacial score (nSPS) is 18.4. The van der Waals surface area contributed by atoms with E-state index in [1.54, 1.807) is 13.8 Å². The number of nitrogens with zero attached hydrogens (tertiary/aromatic N) is 1. The number of hydrogen-bond acceptors (Lipinski definition) is 6. The second kappa shape index (κ2) is 11.0. The van der Waals surface area contributed by atoms with Crippen molar-refractivity contribution in [2.45, 2.75) is 50.5 Å². The van der Waals surface area contributed by atoms with E-state index in [2.05, 4.69) is 11.9 Å². The van der Waals surface area contributed by atoms with Crippen molar-refractivity contribution in [2.24, 2.45) is 0 Å². The van der Waals surface area contributed by atoms with Gasteiger partial charge in [0.15, 0.2) is 0 Å². The van der Waals surface area contributed by atoms with E-state index in [9.17, 15) is 19.5 Å². The first-order valence-electron chi connectivity index (χ1n) is 12.3. The van der Waals surface area contributed by atoms with Crippen molar-refractivity contribution >= 4 is 18.2 Å². The summed E-state index contributed by atoms with van der Waals surface area (Å²) in [6, 6.07) is 14.8. The van der Waals surface area contributed by atoms with E-state index in [-0.39, 0.29) is 32.1 Å². The number of nitrogens with one attached hydrogen (secondary N) is 1. The minimum Gasteiger partial charge on any atom is -0.480 e. The monoisotopic (exact) mass is 508 g/mol. The molecule has 4 rings (SSSR count). The molecule has 0 radical (unpaired) electrons. The van der Waals surface area contributed by atoms with Crippen LogP contribution in [0.3, 0.4) is 0 Å². The number of alkyl carbamates (subject to hydrolysis) is 1. The summed E-state index contributed by atoms with van der Waals surface area (Å²) in [4.78, 5) is 38.2. The lowest BCUT2D eigenvalue weighted by molar-refractivity contribution is -0.139. The lowest BCUT2D eigenvalue weighted by atomic mass is 9.98. The van der Waals surface area contributed by atoms with Crippen LogP contribution in [0, 0.1) is 0 Å². The van der Waals surface area contributed by atoms with Crippen LogP contribution in [0.1, 0.15) is 43.7 Å². The van der Waals surface area contributed by atoms with Gasteiger partial charge in [0.1, 0.15) is 25.0 Å². The second-order valence-corrected chi connectivity index (χ2v) is 9.60. The van der Waals surface area contributed by atoms with E-state index in [0.29, 0.717) is 6.42 Å². The minimum atomic E-state index is -1.17. The molecule has 0 unspecified atom stereocenters. The lowest BCUT2D eigenvalue weighted by Crippen LogP contribution is -2.43. The van der Waals surface area contributed by atoms with Gasteiger partial charge in [-0.1, -0.05) is 61.2 Å². The fourth-order valence-corrected chi connectivity index (χ4v) is 4.98. The molecule has 37 heavy (non-hydrogen) atoms. The maximum Gasteiger partial charge on any atom is 0.412 e. The summed E-state index contributed by atoms with van der Waals surface area (Å²) in [5, 5.41) is 12.1. The Morgan fingerprint density at radius 2 is 1.76 bits per heavy atom. The highest BCUT2D eigenvalue weighted by Gasteiger charge is 2.43. The van der Waals surface area contributed by atoms with Gasteiger partial charge in [0.2, 0.25) is 0 Å². The Bertz CT molecular complexity index is 1130. The maximum atomic E-state index is 12.6. The smallest absolute Gasteiger partial charge is 0.412 e. The summed E-state index contributed by atoms with van der Waals surface area (Å²) in [5.74, 6) is -1.30. The van der Waals surface area contributed by atoms with Gasteiger partial charge in [0.05, 0.1) is 12.6 Å². The van der Waals surface area contributed by atoms with Crippen LogP contribution >= 0.6 is 0 Å². The van der Waals surface area contributed by atoms with Crippen molar-refractivity contribution in [3.05, 3.63) is 72.3 Å². The molecule has 1 aliphatic heterocycles. The Morgan fingerprint density at radius 1 is 1.14 bits per heavy atom. The Balaban J connectivity index is 1.31. The fourth-order valence-electron chi connectivity index (χ4n) is 4.98. The first-order valence-corrected chi connectivity index (χ1v) is 12.3. The van der Waals surface area contributed by atoms with Crippen LogP contribution in [-0.4, -0.2) is 65.8 Å². The number of aliphatic carboxylic acids is 1. The van der Waals surface area contributed by atoms with E-state index in [1.807, 2.05) is 48.5 Å². The van der Waals surface area contributed by atoms with Crippen LogP contribution < -0.4 is 5.32 Å². The SMILES string of the molecule is C=CCOC(=O)N1C[C@@H](CC[C@H](NC(=O)OCC2c3ccccc3-c3ccccc32)C(=O)O)OC1(C)C. The topological polar surface area (TPSA) is 114 Å². The molecule has 2 aromatic carbocycles. The predicted molar refractivity (Wildman–Crippen MR) is 136 cm³/mol. The minimum absolute atomic E-state index is 0.0846. The molecule has 2 aliphatic rings. The Labute approximate surface area is 216 Å². The molecule has 9 nitrogen and oxygen atoms in total. The van der Waals surface area contributed by atoms with Gasteiger partial charge in [-0.25, -0.2) is 14.4 Å². The third-order valence-electron chi connectivity index (χ3n) is 6.75. The number of carboxylic acids is 1. The van der Waals surface area contributed by atoms with Gasteiger partial charge in [0, 0.05) is 5.92 Å². The molecule has 0 aromatic heterocycles. The van der Waals surface area contributed by atoms with Crippen molar-refractivity contribution in [1.82, 2.24) is 10.2 Å². The zero-order valence-corrected chi connectivity index (χ0v) is 21.0. The standard InChI is InChI=1S/C28H32N2O7/c1-4-15-35-27(34)30-16-18(37-28(30,2)3)13-14-24(25(31)32)29-26(33)36-17-23-21-11-7-5-9-19(21)20-10-6-8-12-22(20)23/h4-12,18,23-24H,1,13-17H2,2-3H3,(H,29,33)(H,31,32)/t18-,24+/m1/s1. The average Bonchev–Trinajstić information content (AvgIpc) is 3.37. The molecule has 1 fully saturated rings. The quantitative estimate of drug-likeness (QED) is 0.479. The molecule has 196 valence electrons. The molecule has 1 heterocycles. The number of carbonyl (C=O) groups excluding carboxylic acids is 2. The molecular formula is C28H32N2O7. The molecule has 2 amide bonds. The van der Waals surface area contributed by atoms with Crippen molar-refractivity contribution in [3.63, 3.8) is 0 Å². The van der Waals surface area contributed by atoms with E-state index < -0.39 is 36.0 Å². The van der Waals surface area contributed by atoms with Crippen LogP contribution in [0.25, 0.3) is 11.1 Å². The predicted octanol–water partition coefficient (Wildman–Crippen LogP) is 4.52.